The molecule has 0 heterocycles. The lowest BCUT2D eigenvalue weighted by molar-refractivity contribution is -0.118. The molecule has 156 valence electrons. The maximum absolute atomic E-state index is 12.0. The summed E-state index contributed by atoms with van der Waals surface area (Å²) in [5.41, 5.74) is 4.23. The van der Waals surface area contributed by atoms with Gasteiger partial charge in [-0.25, -0.2) is 0 Å². The van der Waals surface area contributed by atoms with Crippen molar-refractivity contribution >= 4 is 29.3 Å². The van der Waals surface area contributed by atoms with Gasteiger partial charge in [-0.05, 0) is 48.8 Å². The number of benzene rings is 2. The molecule has 0 spiro atoms. The van der Waals surface area contributed by atoms with Crippen LogP contribution in [0.4, 0.5) is 5.69 Å². The number of rotatable bonds is 11. The van der Waals surface area contributed by atoms with Crippen LogP contribution in [0.2, 0.25) is 0 Å². The van der Waals surface area contributed by atoms with Gasteiger partial charge in [0.05, 0.1) is 11.5 Å². The number of nitrogens with one attached hydrogen (secondary N) is 2. The number of hydrogen-bond donors (Lipinski definition) is 2. The van der Waals surface area contributed by atoms with E-state index in [0.717, 1.165) is 36.4 Å². The van der Waals surface area contributed by atoms with Crippen LogP contribution >= 0.6 is 11.8 Å². The Kier molecular flexibility index (Phi) is 9.74. The Balaban J connectivity index is 1.66. The second kappa shape index (κ2) is 12.3. The molecule has 6 heteroatoms. The summed E-state index contributed by atoms with van der Waals surface area (Å²) in [6.45, 7) is 9.83. The van der Waals surface area contributed by atoms with Crippen LogP contribution in [-0.2, 0) is 22.7 Å². The molecular weight excluding hydrogens is 382 g/mol. The van der Waals surface area contributed by atoms with E-state index in [0.29, 0.717) is 6.54 Å². The lowest BCUT2D eigenvalue weighted by atomic mass is 10.1. The van der Waals surface area contributed by atoms with Gasteiger partial charge in [0.2, 0.25) is 11.8 Å². The summed E-state index contributed by atoms with van der Waals surface area (Å²) in [4.78, 5) is 26.4. The topological polar surface area (TPSA) is 61.4 Å². The van der Waals surface area contributed by atoms with Gasteiger partial charge in [0.15, 0.2) is 0 Å². The summed E-state index contributed by atoms with van der Waals surface area (Å²) < 4.78 is 0. The highest BCUT2D eigenvalue weighted by molar-refractivity contribution is 8.00. The van der Waals surface area contributed by atoms with Gasteiger partial charge in [-0.2, -0.15) is 0 Å². The molecule has 0 fully saturated rings. The molecule has 2 aromatic carbocycles. The molecule has 2 aromatic rings. The molecule has 0 aliphatic rings. The number of carbonyl (C=O) groups is 2. The van der Waals surface area contributed by atoms with Crippen molar-refractivity contribution in [1.29, 1.82) is 0 Å². The SMILES string of the molecule is CCN(CC)Cc1ccc(CNC(=O)CSCC(=O)Nc2cccc(C)c2)cc1. The highest BCUT2D eigenvalue weighted by atomic mass is 32.2. The lowest BCUT2D eigenvalue weighted by Gasteiger charge is -2.18. The van der Waals surface area contributed by atoms with Crippen molar-refractivity contribution in [2.45, 2.75) is 33.9 Å². The quantitative estimate of drug-likeness (QED) is 0.588. The van der Waals surface area contributed by atoms with Gasteiger partial charge >= 0.3 is 0 Å². The molecule has 0 aliphatic carbocycles. The molecule has 2 N–H and O–H groups in total. The zero-order chi connectivity index (χ0) is 21.1. The number of thioether (sulfide) groups is 1. The summed E-state index contributed by atoms with van der Waals surface area (Å²) >= 11 is 1.31. The van der Waals surface area contributed by atoms with Crippen molar-refractivity contribution in [3.63, 3.8) is 0 Å². The fraction of sp³-hybridized carbons (Fsp3) is 0.391. The van der Waals surface area contributed by atoms with Crippen molar-refractivity contribution in [3.05, 3.63) is 65.2 Å². The van der Waals surface area contributed by atoms with Gasteiger partial charge in [-0.15, -0.1) is 11.8 Å². The largest absolute Gasteiger partial charge is 0.351 e. The maximum Gasteiger partial charge on any atom is 0.234 e. The van der Waals surface area contributed by atoms with Crippen LogP contribution in [0, 0.1) is 6.92 Å². The third-order valence-electron chi connectivity index (χ3n) is 4.58. The highest BCUT2D eigenvalue weighted by Crippen LogP contribution is 2.11. The van der Waals surface area contributed by atoms with Crippen molar-refractivity contribution in [2.75, 3.05) is 29.9 Å². The van der Waals surface area contributed by atoms with Crippen LogP contribution in [0.5, 0.6) is 0 Å². The molecule has 0 bridgehead atoms. The van der Waals surface area contributed by atoms with Gasteiger partial charge in [0.1, 0.15) is 0 Å². The second-order valence-corrected chi connectivity index (χ2v) is 7.95. The molecule has 0 atom stereocenters. The third-order valence-corrected chi connectivity index (χ3v) is 5.51. The fourth-order valence-corrected chi connectivity index (χ4v) is 3.52. The van der Waals surface area contributed by atoms with Gasteiger partial charge in [0, 0.05) is 18.8 Å². The minimum absolute atomic E-state index is 0.0643. The average molecular weight is 414 g/mol. The van der Waals surface area contributed by atoms with E-state index < -0.39 is 0 Å². The van der Waals surface area contributed by atoms with Crippen LogP contribution < -0.4 is 10.6 Å². The molecule has 0 saturated heterocycles. The zero-order valence-electron chi connectivity index (χ0n) is 17.5. The number of hydrogen-bond acceptors (Lipinski definition) is 4. The molecule has 2 amide bonds. The fourth-order valence-electron chi connectivity index (χ4n) is 2.88. The maximum atomic E-state index is 12.0. The Morgan fingerprint density at radius 2 is 1.59 bits per heavy atom. The molecule has 0 radical (unpaired) electrons. The van der Waals surface area contributed by atoms with Crippen molar-refractivity contribution in [2.24, 2.45) is 0 Å². The van der Waals surface area contributed by atoms with Crippen LogP contribution in [0.15, 0.2) is 48.5 Å². The van der Waals surface area contributed by atoms with E-state index in [9.17, 15) is 9.59 Å². The number of anilines is 1. The minimum atomic E-state index is -0.0998. The molecule has 0 aromatic heterocycles. The second-order valence-electron chi connectivity index (χ2n) is 6.97. The van der Waals surface area contributed by atoms with Crippen LogP contribution in [0.3, 0.4) is 0 Å². The van der Waals surface area contributed by atoms with Gasteiger partial charge in [-0.3, -0.25) is 14.5 Å². The molecule has 5 nitrogen and oxygen atoms in total. The van der Waals surface area contributed by atoms with E-state index in [-0.39, 0.29) is 23.3 Å². The van der Waals surface area contributed by atoms with Gasteiger partial charge in [-0.1, -0.05) is 50.2 Å². The predicted molar refractivity (Wildman–Crippen MR) is 122 cm³/mol. The average Bonchev–Trinajstić information content (AvgIpc) is 2.71. The predicted octanol–water partition coefficient (Wildman–Crippen LogP) is 3.82. The minimum Gasteiger partial charge on any atom is -0.351 e. The van der Waals surface area contributed by atoms with Crippen LogP contribution in [-0.4, -0.2) is 41.3 Å². The van der Waals surface area contributed by atoms with E-state index in [2.05, 4.69) is 53.6 Å². The first-order valence-corrected chi connectivity index (χ1v) is 11.2. The van der Waals surface area contributed by atoms with Crippen molar-refractivity contribution < 1.29 is 9.59 Å². The normalized spacial score (nSPS) is 10.8. The van der Waals surface area contributed by atoms with E-state index >= 15 is 0 Å². The molecule has 29 heavy (non-hydrogen) atoms. The summed E-state index contributed by atoms with van der Waals surface area (Å²) in [6.07, 6.45) is 0. The van der Waals surface area contributed by atoms with Crippen LogP contribution in [0.1, 0.15) is 30.5 Å². The highest BCUT2D eigenvalue weighted by Gasteiger charge is 2.07. The Hall–Kier alpha value is -2.31. The number of aryl methyl sites for hydroxylation is 1. The van der Waals surface area contributed by atoms with Crippen molar-refractivity contribution in [3.8, 4) is 0 Å². The van der Waals surface area contributed by atoms with Crippen molar-refractivity contribution in [1.82, 2.24) is 10.2 Å². The first-order valence-electron chi connectivity index (χ1n) is 10.0. The Morgan fingerprint density at radius 3 is 2.24 bits per heavy atom. The molecule has 0 aliphatic heterocycles. The first-order chi connectivity index (χ1) is 14.0. The summed E-state index contributed by atoms with van der Waals surface area (Å²) in [5, 5.41) is 5.76. The number of amides is 2. The monoisotopic (exact) mass is 413 g/mol. The van der Waals surface area contributed by atoms with E-state index in [1.165, 1.54) is 17.3 Å². The van der Waals surface area contributed by atoms with E-state index in [4.69, 9.17) is 0 Å². The first kappa shape index (κ1) is 23.0. The smallest absolute Gasteiger partial charge is 0.234 e. The molecule has 0 saturated carbocycles. The third kappa shape index (κ3) is 8.71. The summed E-state index contributed by atoms with van der Waals surface area (Å²) in [5.74, 6) is 0.352. The Bertz CT molecular complexity index is 789. The Labute approximate surface area is 178 Å². The molecular formula is C23H31N3O2S. The van der Waals surface area contributed by atoms with E-state index in [1.807, 2.05) is 31.2 Å². The Morgan fingerprint density at radius 1 is 0.931 bits per heavy atom. The summed E-state index contributed by atoms with van der Waals surface area (Å²) in [7, 11) is 0. The number of nitrogens with zero attached hydrogens (tertiary/aromatic N) is 1. The standard InChI is InChI=1S/C23H31N3O2S/c1-4-26(5-2)15-20-11-9-19(10-12-20)14-24-22(27)16-29-17-23(28)25-21-8-6-7-18(3)13-21/h6-13H,4-5,14-17H2,1-3H3,(H,24,27)(H,25,28). The van der Waals surface area contributed by atoms with Crippen LogP contribution in [0.25, 0.3) is 0 Å². The zero-order valence-corrected chi connectivity index (χ0v) is 18.3. The lowest BCUT2D eigenvalue weighted by Crippen LogP contribution is -2.25. The molecule has 0 unspecified atom stereocenters. The summed E-state index contributed by atoms with van der Waals surface area (Å²) in [6, 6.07) is 16.0. The molecule has 2 rings (SSSR count). The van der Waals surface area contributed by atoms with Gasteiger partial charge < -0.3 is 10.6 Å². The van der Waals surface area contributed by atoms with E-state index in [1.54, 1.807) is 0 Å². The van der Waals surface area contributed by atoms with Gasteiger partial charge in [0.25, 0.3) is 0 Å². The number of carbonyl (C=O) groups excluding carboxylic acids is 2.